The Bertz CT molecular complexity index is 829. The van der Waals surface area contributed by atoms with Crippen LogP contribution in [0.2, 0.25) is 0 Å². The van der Waals surface area contributed by atoms with E-state index in [0.717, 1.165) is 0 Å². The van der Waals surface area contributed by atoms with E-state index in [1.807, 2.05) is 0 Å². The molecule has 0 unspecified atom stereocenters. The summed E-state index contributed by atoms with van der Waals surface area (Å²) in [5.41, 5.74) is 1.56. The molecule has 0 bridgehead atoms. The van der Waals surface area contributed by atoms with Gasteiger partial charge in [0.25, 0.3) is 5.91 Å². The van der Waals surface area contributed by atoms with Gasteiger partial charge in [0.2, 0.25) is 0 Å². The van der Waals surface area contributed by atoms with Crippen molar-refractivity contribution in [1.82, 2.24) is 15.3 Å². The number of aromatic nitrogens is 2. The molecule has 2 aromatic carbocycles. The lowest BCUT2D eigenvalue weighted by molar-refractivity contribution is 0.0953. The van der Waals surface area contributed by atoms with E-state index >= 15 is 0 Å². The van der Waals surface area contributed by atoms with E-state index < -0.39 is 5.82 Å². The molecule has 3 rings (SSSR count). The van der Waals surface area contributed by atoms with Crippen LogP contribution in [0.1, 0.15) is 16.2 Å². The molecule has 0 aliphatic carbocycles. The average Bonchev–Trinajstić information content (AvgIpc) is 2.89. The van der Waals surface area contributed by atoms with E-state index in [-0.39, 0.29) is 17.3 Å². The van der Waals surface area contributed by atoms with E-state index in [2.05, 4.69) is 15.3 Å². The molecule has 0 fully saturated rings. The molecule has 112 valence electrons. The first-order valence-corrected chi connectivity index (χ1v) is 6.80. The number of hydrogen-bond donors (Lipinski definition) is 2. The number of amides is 1. The number of imidazole rings is 1. The van der Waals surface area contributed by atoms with E-state index in [9.17, 15) is 13.6 Å². The smallest absolute Gasteiger partial charge is 0.251 e. The van der Waals surface area contributed by atoms with Gasteiger partial charge in [-0.15, -0.1) is 0 Å². The fourth-order valence-electron chi connectivity index (χ4n) is 2.18. The maximum Gasteiger partial charge on any atom is 0.251 e. The number of carbonyl (C=O) groups is 1. The molecule has 6 heteroatoms. The highest BCUT2D eigenvalue weighted by atomic mass is 19.1. The Kier molecular flexibility index (Phi) is 3.82. The molecular formula is C16H13F2N3O. The molecular weight excluding hydrogens is 288 g/mol. The van der Waals surface area contributed by atoms with Crippen molar-refractivity contribution in [3.05, 3.63) is 65.5 Å². The van der Waals surface area contributed by atoms with Crippen molar-refractivity contribution in [2.24, 2.45) is 0 Å². The molecule has 3 aromatic rings. The third kappa shape index (κ3) is 3.11. The molecule has 1 amide bonds. The quantitative estimate of drug-likeness (QED) is 0.778. The second kappa shape index (κ2) is 5.93. The predicted molar refractivity (Wildman–Crippen MR) is 78.5 cm³/mol. The van der Waals surface area contributed by atoms with Crippen molar-refractivity contribution < 1.29 is 13.6 Å². The van der Waals surface area contributed by atoms with Gasteiger partial charge in [0, 0.05) is 18.5 Å². The maximum atomic E-state index is 13.1. The first-order chi connectivity index (χ1) is 10.6. The molecule has 0 saturated carbocycles. The number of benzene rings is 2. The minimum absolute atomic E-state index is 0.270. The van der Waals surface area contributed by atoms with E-state index in [0.29, 0.717) is 29.8 Å². The molecule has 0 atom stereocenters. The summed E-state index contributed by atoms with van der Waals surface area (Å²) < 4.78 is 26.1. The minimum Gasteiger partial charge on any atom is -0.352 e. The number of aromatic amines is 1. The van der Waals surface area contributed by atoms with Gasteiger partial charge in [-0.2, -0.15) is 0 Å². The van der Waals surface area contributed by atoms with Gasteiger partial charge >= 0.3 is 0 Å². The van der Waals surface area contributed by atoms with E-state index in [1.54, 1.807) is 12.1 Å². The average molecular weight is 301 g/mol. The molecule has 0 aliphatic heterocycles. The van der Waals surface area contributed by atoms with Gasteiger partial charge in [0.15, 0.2) is 0 Å². The Morgan fingerprint density at radius 3 is 2.77 bits per heavy atom. The largest absolute Gasteiger partial charge is 0.352 e. The van der Waals surface area contributed by atoms with Crippen molar-refractivity contribution >= 4 is 16.9 Å². The highest BCUT2D eigenvalue weighted by Gasteiger charge is 2.07. The van der Waals surface area contributed by atoms with Gasteiger partial charge in [-0.25, -0.2) is 13.8 Å². The van der Waals surface area contributed by atoms with Crippen LogP contribution in [0.3, 0.4) is 0 Å². The van der Waals surface area contributed by atoms with Crippen molar-refractivity contribution in [2.45, 2.75) is 6.42 Å². The molecule has 0 spiro atoms. The molecule has 0 radical (unpaired) electrons. The fourth-order valence-corrected chi connectivity index (χ4v) is 2.18. The number of nitrogens with one attached hydrogen (secondary N) is 2. The Labute approximate surface area is 125 Å². The zero-order valence-electron chi connectivity index (χ0n) is 11.6. The summed E-state index contributed by atoms with van der Waals surface area (Å²) in [7, 11) is 0. The first kappa shape index (κ1) is 14.2. The topological polar surface area (TPSA) is 57.8 Å². The molecule has 0 aliphatic rings. The van der Waals surface area contributed by atoms with Gasteiger partial charge in [-0.3, -0.25) is 4.79 Å². The first-order valence-electron chi connectivity index (χ1n) is 6.80. The van der Waals surface area contributed by atoms with Gasteiger partial charge in [0.1, 0.15) is 17.5 Å². The van der Waals surface area contributed by atoms with Gasteiger partial charge in [-0.05, 0) is 36.4 Å². The molecule has 4 nitrogen and oxygen atoms in total. The summed E-state index contributed by atoms with van der Waals surface area (Å²) in [5.74, 6) is -0.476. The Morgan fingerprint density at radius 1 is 1.14 bits per heavy atom. The molecule has 0 saturated heterocycles. The van der Waals surface area contributed by atoms with Crippen LogP contribution in [0.15, 0.2) is 42.5 Å². The predicted octanol–water partition coefficient (Wildman–Crippen LogP) is 2.81. The third-order valence-corrected chi connectivity index (χ3v) is 3.23. The molecule has 1 aromatic heterocycles. The summed E-state index contributed by atoms with van der Waals surface area (Å²) in [4.78, 5) is 19.1. The van der Waals surface area contributed by atoms with Crippen LogP contribution >= 0.6 is 0 Å². The van der Waals surface area contributed by atoms with Crippen LogP contribution in [-0.4, -0.2) is 22.4 Å². The van der Waals surface area contributed by atoms with Crippen LogP contribution < -0.4 is 5.32 Å². The van der Waals surface area contributed by atoms with Crippen LogP contribution in [0.25, 0.3) is 11.0 Å². The van der Waals surface area contributed by atoms with Gasteiger partial charge in [0.05, 0.1) is 11.0 Å². The number of rotatable bonds is 4. The van der Waals surface area contributed by atoms with Crippen molar-refractivity contribution in [3.63, 3.8) is 0 Å². The normalized spacial score (nSPS) is 10.8. The number of hydrogen-bond acceptors (Lipinski definition) is 2. The molecule has 22 heavy (non-hydrogen) atoms. The van der Waals surface area contributed by atoms with Gasteiger partial charge < -0.3 is 10.3 Å². The fraction of sp³-hybridized carbons (Fsp3) is 0.125. The van der Waals surface area contributed by atoms with Gasteiger partial charge in [-0.1, -0.05) is 6.07 Å². The monoisotopic (exact) mass is 301 g/mol. The highest BCUT2D eigenvalue weighted by molar-refractivity contribution is 5.94. The standard InChI is InChI=1S/C16H13F2N3O/c17-11-3-1-2-10(8-11)16(22)19-7-6-15-20-13-5-4-12(18)9-14(13)21-15/h1-5,8-9H,6-7H2,(H,19,22)(H,20,21). The zero-order valence-corrected chi connectivity index (χ0v) is 11.6. The zero-order chi connectivity index (χ0) is 15.5. The number of H-pyrrole nitrogens is 1. The minimum atomic E-state index is -0.452. The lowest BCUT2D eigenvalue weighted by Crippen LogP contribution is -2.26. The third-order valence-electron chi connectivity index (χ3n) is 3.23. The number of halogens is 2. The van der Waals surface area contributed by atoms with E-state index in [1.165, 1.54) is 30.3 Å². The molecule has 1 heterocycles. The maximum absolute atomic E-state index is 13.1. The van der Waals surface area contributed by atoms with Crippen molar-refractivity contribution in [3.8, 4) is 0 Å². The Balaban J connectivity index is 1.61. The lowest BCUT2D eigenvalue weighted by atomic mass is 10.2. The summed E-state index contributed by atoms with van der Waals surface area (Å²) in [5, 5.41) is 2.69. The number of fused-ring (bicyclic) bond motifs is 1. The summed E-state index contributed by atoms with van der Waals surface area (Å²) in [6, 6.07) is 9.80. The van der Waals surface area contributed by atoms with E-state index in [4.69, 9.17) is 0 Å². The lowest BCUT2D eigenvalue weighted by Gasteiger charge is -2.03. The highest BCUT2D eigenvalue weighted by Crippen LogP contribution is 2.13. The summed E-state index contributed by atoms with van der Waals surface area (Å²) in [6.45, 7) is 0.345. The summed E-state index contributed by atoms with van der Waals surface area (Å²) in [6.07, 6.45) is 0.470. The van der Waals surface area contributed by atoms with Crippen LogP contribution in [0, 0.1) is 11.6 Å². The second-order valence-electron chi connectivity index (χ2n) is 4.86. The SMILES string of the molecule is O=C(NCCc1nc2ccc(F)cc2[nH]1)c1cccc(F)c1. The Hall–Kier alpha value is -2.76. The summed E-state index contributed by atoms with van der Waals surface area (Å²) >= 11 is 0. The van der Waals surface area contributed by atoms with Crippen LogP contribution in [0.5, 0.6) is 0 Å². The number of carbonyl (C=O) groups excluding carboxylic acids is 1. The molecule has 2 N–H and O–H groups in total. The second-order valence-corrected chi connectivity index (χ2v) is 4.86. The van der Waals surface area contributed by atoms with Crippen molar-refractivity contribution in [1.29, 1.82) is 0 Å². The van der Waals surface area contributed by atoms with Crippen LogP contribution in [-0.2, 0) is 6.42 Å². The Morgan fingerprint density at radius 2 is 1.95 bits per heavy atom. The number of nitrogens with zero attached hydrogens (tertiary/aromatic N) is 1. The van der Waals surface area contributed by atoms with Crippen molar-refractivity contribution in [2.75, 3.05) is 6.54 Å². The van der Waals surface area contributed by atoms with Crippen LogP contribution in [0.4, 0.5) is 8.78 Å².